The van der Waals surface area contributed by atoms with Crippen LogP contribution in [0.4, 0.5) is 11.4 Å². The third-order valence-electron chi connectivity index (χ3n) is 5.28. The summed E-state index contributed by atoms with van der Waals surface area (Å²) in [7, 11) is 0. The van der Waals surface area contributed by atoms with Crippen molar-refractivity contribution in [2.24, 2.45) is 5.92 Å². The predicted octanol–water partition coefficient (Wildman–Crippen LogP) is 2.07. The minimum atomic E-state index is -0.323. The first-order valence-electron chi connectivity index (χ1n) is 9.15. The lowest BCUT2D eigenvalue weighted by Gasteiger charge is -2.30. The van der Waals surface area contributed by atoms with E-state index in [9.17, 15) is 14.4 Å². The molecule has 0 aliphatic carbocycles. The summed E-state index contributed by atoms with van der Waals surface area (Å²) < 4.78 is 0. The summed E-state index contributed by atoms with van der Waals surface area (Å²) in [6, 6.07) is 13.0. The summed E-state index contributed by atoms with van der Waals surface area (Å²) in [5.41, 5.74) is 10.2. The molecule has 6 nitrogen and oxygen atoms in total. The molecule has 0 radical (unpaired) electrons. The lowest BCUT2D eigenvalue weighted by atomic mass is 9.96. The molecular formula is C21H21N3O3. The number of nitrogen functional groups attached to an aromatic ring is 1. The zero-order valence-electron chi connectivity index (χ0n) is 14.9. The van der Waals surface area contributed by atoms with E-state index in [2.05, 4.69) is 5.32 Å². The van der Waals surface area contributed by atoms with Crippen LogP contribution in [0.3, 0.4) is 0 Å². The Morgan fingerprint density at radius 1 is 1.15 bits per heavy atom. The van der Waals surface area contributed by atoms with Gasteiger partial charge < -0.3 is 10.6 Å². The SMILES string of the molecule is Nc1cccc2c1CCCN2C(=O)c1ccc(CC2CC(=O)NC2=O)cc1. The van der Waals surface area contributed by atoms with Gasteiger partial charge in [0.1, 0.15) is 0 Å². The van der Waals surface area contributed by atoms with Gasteiger partial charge in [0.15, 0.2) is 0 Å². The zero-order valence-corrected chi connectivity index (χ0v) is 14.9. The van der Waals surface area contributed by atoms with E-state index in [1.54, 1.807) is 17.0 Å². The van der Waals surface area contributed by atoms with Gasteiger partial charge in [0.25, 0.3) is 5.91 Å². The highest BCUT2D eigenvalue weighted by Gasteiger charge is 2.30. The smallest absolute Gasteiger partial charge is 0.258 e. The van der Waals surface area contributed by atoms with Crippen LogP contribution in [0.2, 0.25) is 0 Å². The molecule has 1 saturated heterocycles. The number of anilines is 2. The topological polar surface area (TPSA) is 92.5 Å². The summed E-state index contributed by atoms with van der Waals surface area (Å²) in [5, 5.41) is 2.32. The molecule has 2 aliphatic heterocycles. The zero-order chi connectivity index (χ0) is 19.0. The van der Waals surface area contributed by atoms with Crippen LogP contribution in [0.15, 0.2) is 42.5 Å². The van der Waals surface area contributed by atoms with E-state index in [-0.39, 0.29) is 30.1 Å². The van der Waals surface area contributed by atoms with Gasteiger partial charge in [0.2, 0.25) is 11.8 Å². The largest absolute Gasteiger partial charge is 0.398 e. The van der Waals surface area contributed by atoms with Crippen molar-refractivity contribution in [3.05, 3.63) is 59.2 Å². The van der Waals surface area contributed by atoms with Crippen LogP contribution < -0.4 is 16.0 Å². The Labute approximate surface area is 157 Å². The Kier molecular flexibility index (Phi) is 4.39. The quantitative estimate of drug-likeness (QED) is 0.645. The molecule has 1 atom stereocenters. The van der Waals surface area contributed by atoms with Crippen LogP contribution in [0.5, 0.6) is 0 Å². The minimum absolute atomic E-state index is 0.0538. The highest BCUT2D eigenvalue weighted by Crippen LogP contribution is 2.32. The Morgan fingerprint density at radius 2 is 1.93 bits per heavy atom. The van der Waals surface area contributed by atoms with Crippen molar-refractivity contribution < 1.29 is 14.4 Å². The lowest BCUT2D eigenvalue weighted by molar-refractivity contribution is -0.125. The molecular weight excluding hydrogens is 342 g/mol. The number of nitrogens with one attached hydrogen (secondary N) is 1. The molecule has 0 aromatic heterocycles. The van der Waals surface area contributed by atoms with Crippen molar-refractivity contribution in [1.82, 2.24) is 5.32 Å². The van der Waals surface area contributed by atoms with Gasteiger partial charge in [-0.3, -0.25) is 19.7 Å². The third-order valence-corrected chi connectivity index (χ3v) is 5.28. The molecule has 2 aromatic carbocycles. The molecule has 4 rings (SSSR count). The first-order valence-corrected chi connectivity index (χ1v) is 9.15. The second-order valence-electron chi connectivity index (χ2n) is 7.12. The number of nitrogens with zero attached hydrogens (tertiary/aromatic N) is 1. The fourth-order valence-electron chi connectivity index (χ4n) is 3.86. The second-order valence-corrected chi connectivity index (χ2v) is 7.12. The summed E-state index contributed by atoms with van der Waals surface area (Å²) in [4.78, 5) is 37.8. The number of imide groups is 1. The number of carbonyl (C=O) groups is 3. The number of hydrogen-bond donors (Lipinski definition) is 2. The molecule has 138 valence electrons. The molecule has 27 heavy (non-hydrogen) atoms. The van der Waals surface area contributed by atoms with Crippen LogP contribution in [-0.2, 0) is 22.4 Å². The Morgan fingerprint density at radius 3 is 2.63 bits per heavy atom. The van der Waals surface area contributed by atoms with Gasteiger partial charge in [-0.1, -0.05) is 18.2 Å². The number of rotatable bonds is 3. The van der Waals surface area contributed by atoms with E-state index in [4.69, 9.17) is 5.73 Å². The van der Waals surface area contributed by atoms with Crippen molar-refractivity contribution in [1.29, 1.82) is 0 Å². The Balaban J connectivity index is 1.52. The van der Waals surface area contributed by atoms with E-state index in [1.807, 2.05) is 30.3 Å². The number of nitrogens with two attached hydrogens (primary N) is 1. The van der Waals surface area contributed by atoms with Crippen molar-refractivity contribution in [2.75, 3.05) is 17.2 Å². The van der Waals surface area contributed by atoms with Crippen molar-refractivity contribution in [2.45, 2.75) is 25.7 Å². The van der Waals surface area contributed by atoms with Crippen molar-refractivity contribution >= 4 is 29.1 Å². The average Bonchev–Trinajstić information content (AvgIpc) is 2.99. The predicted molar refractivity (Wildman–Crippen MR) is 102 cm³/mol. The number of amides is 3. The van der Waals surface area contributed by atoms with Crippen molar-refractivity contribution in [3.63, 3.8) is 0 Å². The van der Waals surface area contributed by atoms with Crippen molar-refractivity contribution in [3.8, 4) is 0 Å². The maximum absolute atomic E-state index is 13.0. The van der Waals surface area contributed by atoms with Gasteiger partial charge >= 0.3 is 0 Å². The molecule has 2 heterocycles. The molecule has 1 unspecified atom stereocenters. The molecule has 3 N–H and O–H groups in total. The average molecular weight is 363 g/mol. The third kappa shape index (κ3) is 3.30. The number of benzene rings is 2. The van der Waals surface area contributed by atoms with E-state index in [0.29, 0.717) is 18.5 Å². The molecule has 2 aromatic rings. The lowest BCUT2D eigenvalue weighted by Crippen LogP contribution is -2.35. The van der Waals surface area contributed by atoms with Gasteiger partial charge in [-0.05, 0) is 54.7 Å². The van der Waals surface area contributed by atoms with Gasteiger partial charge in [-0.2, -0.15) is 0 Å². The summed E-state index contributed by atoms with van der Waals surface area (Å²) in [6.45, 7) is 0.668. The number of carbonyl (C=O) groups excluding carboxylic acids is 3. The van der Waals surface area contributed by atoms with Crippen LogP contribution in [0.1, 0.15) is 34.3 Å². The van der Waals surface area contributed by atoms with Crippen LogP contribution in [-0.4, -0.2) is 24.3 Å². The second kappa shape index (κ2) is 6.87. The first-order chi connectivity index (χ1) is 13.0. The monoisotopic (exact) mass is 363 g/mol. The van der Waals surface area contributed by atoms with Crippen LogP contribution in [0.25, 0.3) is 0 Å². The van der Waals surface area contributed by atoms with E-state index >= 15 is 0 Å². The molecule has 0 saturated carbocycles. The summed E-state index contributed by atoms with van der Waals surface area (Å²) in [6.07, 6.45) is 2.49. The summed E-state index contributed by atoms with van der Waals surface area (Å²) in [5.74, 6) is -0.819. The van der Waals surface area contributed by atoms with Crippen LogP contribution in [0, 0.1) is 5.92 Å². The van der Waals surface area contributed by atoms with Gasteiger partial charge in [-0.15, -0.1) is 0 Å². The van der Waals surface area contributed by atoms with Gasteiger partial charge in [-0.25, -0.2) is 0 Å². The fourth-order valence-corrected chi connectivity index (χ4v) is 3.86. The molecule has 3 amide bonds. The first kappa shape index (κ1) is 17.3. The van der Waals surface area contributed by atoms with E-state index in [0.717, 1.165) is 35.3 Å². The molecule has 0 bridgehead atoms. The highest BCUT2D eigenvalue weighted by molar-refractivity contribution is 6.07. The van der Waals surface area contributed by atoms with Gasteiger partial charge in [0, 0.05) is 29.9 Å². The highest BCUT2D eigenvalue weighted by atomic mass is 16.2. The van der Waals surface area contributed by atoms with Gasteiger partial charge in [0.05, 0.1) is 5.92 Å². The molecule has 2 aliphatic rings. The molecule has 0 spiro atoms. The normalized spacial score (nSPS) is 19.0. The fraction of sp³-hybridized carbons (Fsp3) is 0.286. The Bertz CT molecular complexity index is 921. The van der Waals surface area contributed by atoms with Crippen LogP contribution >= 0.6 is 0 Å². The maximum atomic E-state index is 13.0. The maximum Gasteiger partial charge on any atom is 0.258 e. The number of fused-ring (bicyclic) bond motifs is 1. The van der Waals surface area contributed by atoms with E-state index in [1.165, 1.54) is 0 Å². The Hall–Kier alpha value is -3.15. The minimum Gasteiger partial charge on any atom is -0.398 e. The van der Waals surface area contributed by atoms with E-state index < -0.39 is 0 Å². The molecule has 1 fully saturated rings. The number of hydrogen-bond acceptors (Lipinski definition) is 4. The standard InChI is InChI=1S/C21H21N3O3/c22-17-4-1-5-18-16(17)3-2-10-24(18)21(27)14-8-6-13(7-9-14)11-15-12-19(25)23-20(15)26/h1,4-9,15H,2-3,10-12,22H2,(H,23,25,26). The summed E-state index contributed by atoms with van der Waals surface area (Å²) >= 11 is 0. The molecule has 6 heteroatoms.